The van der Waals surface area contributed by atoms with Crippen LogP contribution in [0.5, 0.6) is 5.75 Å². The molecule has 1 aliphatic rings. The molecule has 0 aliphatic heterocycles. The Bertz CT molecular complexity index is 1130. The van der Waals surface area contributed by atoms with Gasteiger partial charge in [0.25, 0.3) is 0 Å². The van der Waals surface area contributed by atoms with Crippen LogP contribution in [0.3, 0.4) is 0 Å². The Hall–Kier alpha value is -3.45. The first-order chi connectivity index (χ1) is 14.3. The highest BCUT2D eigenvalue weighted by Gasteiger charge is 2.18. The molecule has 1 saturated carbocycles. The fraction of sp³-hybridized carbons (Fsp3) is 0.240. The van der Waals surface area contributed by atoms with Crippen molar-refractivity contribution in [1.29, 1.82) is 0 Å². The maximum Gasteiger partial charge on any atom is 0.172 e. The van der Waals surface area contributed by atoms with Gasteiger partial charge >= 0.3 is 0 Å². The lowest BCUT2D eigenvalue weighted by molar-refractivity contribution is 0.473. The third-order valence-electron chi connectivity index (χ3n) is 5.82. The van der Waals surface area contributed by atoms with Crippen LogP contribution in [0.1, 0.15) is 42.7 Å². The average Bonchev–Trinajstić information content (AvgIpc) is 3.41. The number of anilines is 2. The fourth-order valence-corrected chi connectivity index (χ4v) is 4.27. The van der Waals surface area contributed by atoms with Gasteiger partial charge in [0.15, 0.2) is 11.6 Å². The Balaban J connectivity index is 1.36. The molecule has 0 spiro atoms. The number of nitrogens with one attached hydrogen (secondary N) is 1. The molecule has 0 saturated heterocycles. The number of pyridine rings is 1. The summed E-state index contributed by atoms with van der Waals surface area (Å²) in [5.74, 6) is 1.25. The lowest BCUT2D eigenvalue weighted by Gasteiger charge is -2.13. The highest BCUT2D eigenvalue weighted by molar-refractivity contribution is 5.85. The number of rotatable bonds is 5. The van der Waals surface area contributed by atoms with Gasteiger partial charge in [-0.2, -0.15) is 0 Å². The second kappa shape index (κ2) is 7.52. The summed E-state index contributed by atoms with van der Waals surface area (Å²) in [7, 11) is 0. The highest BCUT2D eigenvalue weighted by Crippen LogP contribution is 2.36. The lowest BCUT2D eigenvalue weighted by atomic mass is 9.99. The predicted molar refractivity (Wildman–Crippen MR) is 116 cm³/mol. The van der Waals surface area contributed by atoms with E-state index in [0.717, 1.165) is 28.7 Å². The Morgan fingerprint density at radius 2 is 2.00 bits per heavy atom. The molecule has 1 aliphatic carbocycles. The topological polar surface area (TPSA) is 50.1 Å². The number of benzene rings is 1. The summed E-state index contributed by atoms with van der Waals surface area (Å²) < 4.78 is 2.22. The molecule has 2 N–H and O–H groups in total. The maximum atomic E-state index is 10.5. The van der Waals surface area contributed by atoms with Gasteiger partial charge in [0.1, 0.15) is 0 Å². The third-order valence-corrected chi connectivity index (χ3v) is 5.82. The SMILES string of the molecule is Oc1cc(C2CCCC2)cnc1Nc1ccc2c(ccn2Cc2cc#ccc2)c1. The van der Waals surface area contributed by atoms with E-state index in [1.54, 1.807) is 0 Å². The first kappa shape index (κ1) is 17.6. The van der Waals surface area contributed by atoms with Crippen molar-refractivity contribution in [2.45, 2.75) is 38.1 Å². The van der Waals surface area contributed by atoms with Gasteiger partial charge < -0.3 is 15.0 Å². The average molecular weight is 381 g/mol. The van der Waals surface area contributed by atoms with Crippen molar-refractivity contribution in [3.05, 3.63) is 84.2 Å². The van der Waals surface area contributed by atoms with E-state index in [-0.39, 0.29) is 5.75 Å². The van der Waals surface area contributed by atoms with Gasteiger partial charge in [-0.1, -0.05) is 25.0 Å². The quantitative estimate of drug-likeness (QED) is 0.460. The number of nitrogens with zero attached hydrogens (tertiary/aromatic N) is 2. The van der Waals surface area contributed by atoms with Crippen LogP contribution in [0.25, 0.3) is 10.9 Å². The minimum atomic E-state index is 0.212. The Morgan fingerprint density at radius 3 is 2.79 bits per heavy atom. The molecule has 144 valence electrons. The van der Waals surface area contributed by atoms with Crippen LogP contribution in [-0.4, -0.2) is 14.7 Å². The smallest absolute Gasteiger partial charge is 0.172 e. The van der Waals surface area contributed by atoms with Gasteiger partial charge in [-0.25, -0.2) is 4.98 Å². The molecule has 5 rings (SSSR count). The van der Waals surface area contributed by atoms with Crippen molar-refractivity contribution in [2.75, 3.05) is 5.32 Å². The second-order valence-corrected chi connectivity index (χ2v) is 7.80. The monoisotopic (exact) mass is 381 g/mol. The fourth-order valence-electron chi connectivity index (χ4n) is 4.27. The van der Waals surface area contributed by atoms with Crippen LogP contribution in [-0.2, 0) is 6.54 Å². The molecule has 29 heavy (non-hydrogen) atoms. The van der Waals surface area contributed by atoms with E-state index in [1.165, 1.54) is 31.2 Å². The van der Waals surface area contributed by atoms with Crippen molar-refractivity contribution < 1.29 is 5.11 Å². The molecule has 4 aromatic rings. The van der Waals surface area contributed by atoms with Crippen LogP contribution in [0.4, 0.5) is 11.5 Å². The normalized spacial score (nSPS) is 14.2. The highest BCUT2D eigenvalue weighted by atomic mass is 16.3. The van der Waals surface area contributed by atoms with Crippen LogP contribution in [0.2, 0.25) is 0 Å². The first-order valence-corrected chi connectivity index (χ1v) is 10.2. The molecule has 0 atom stereocenters. The van der Waals surface area contributed by atoms with Crippen LogP contribution < -0.4 is 5.32 Å². The zero-order valence-corrected chi connectivity index (χ0v) is 16.2. The van der Waals surface area contributed by atoms with Gasteiger partial charge in [0.2, 0.25) is 0 Å². The summed E-state index contributed by atoms with van der Waals surface area (Å²) in [5.41, 5.74) is 4.42. The molecule has 2 heterocycles. The Kier molecular flexibility index (Phi) is 4.57. The van der Waals surface area contributed by atoms with E-state index in [1.807, 2.05) is 30.5 Å². The van der Waals surface area contributed by atoms with Crippen molar-refractivity contribution in [3.63, 3.8) is 0 Å². The zero-order valence-electron chi connectivity index (χ0n) is 16.2. The van der Waals surface area contributed by atoms with Gasteiger partial charge in [0.05, 0.1) is 0 Å². The van der Waals surface area contributed by atoms with E-state index >= 15 is 0 Å². The molecule has 4 heteroatoms. The Labute approximate surface area is 170 Å². The maximum absolute atomic E-state index is 10.5. The number of hydrogen-bond donors (Lipinski definition) is 2. The van der Waals surface area contributed by atoms with E-state index in [2.05, 4.69) is 57.5 Å². The largest absolute Gasteiger partial charge is 0.504 e. The van der Waals surface area contributed by atoms with Gasteiger partial charge in [0, 0.05) is 35.5 Å². The third kappa shape index (κ3) is 3.64. The summed E-state index contributed by atoms with van der Waals surface area (Å²) >= 11 is 0. The van der Waals surface area contributed by atoms with E-state index < -0.39 is 0 Å². The van der Waals surface area contributed by atoms with E-state index in [0.29, 0.717) is 11.7 Å². The predicted octanol–water partition coefficient (Wildman–Crippen LogP) is 5.79. The summed E-state index contributed by atoms with van der Waals surface area (Å²) in [5, 5.41) is 14.9. The first-order valence-electron chi connectivity index (χ1n) is 10.2. The second-order valence-electron chi connectivity index (χ2n) is 7.80. The molecular weight excluding hydrogens is 358 g/mol. The summed E-state index contributed by atoms with van der Waals surface area (Å²) in [6.07, 6.45) is 8.93. The Morgan fingerprint density at radius 1 is 1.10 bits per heavy atom. The molecule has 2 aromatic heterocycles. The number of hydrogen-bond acceptors (Lipinski definition) is 3. The lowest BCUT2D eigenvalue weighted by Crippen LogP contribution is -1.99. The summed E-state index contributed by atoms with van der Waals surface area (Å²) in [6, 6.07) is 22.0. The number of fused-ring (bicyclic) bond motifs is 1. The minimum absolute atomic E-state index is 0.212. The van der Waals surface area contributed by atoms with Crippen molar-refractivity contribution in [2.24, 2.45) is 0 Å². The van der Waals surface area contributed by atoms with E-state index in [9.17, 15) is 5.11 Å². The standard InChI is InChI=1S/C25H23N3O/c29-24-15-21(19-8-4-5-9-19)16-26-25(24)27-22-10-11-23-20(14-22)12-13-28(23)17-18-6-2-1-3-7-18/h2,6-7,10-16,19,29H,4-5,8-9,17H2,(H,26,27). The van der Waals surface area contributed by atoms with Gasteiger partial charge in [-0.15, -0.1) is 0 Å². The molecule has 0 unspecified atom stereocenters. The van der Waals surface area contributed by atoms with Crippen LogP contribution >= 0.6 is 0 Å². The van der Waals surface area contributed by atoms with Gasteiger partial charge in [-0.05, 0) is 78.4 Å². The van der Waals surface area contributed by atoms with Crippen molar-refractivity contribution in [1.82, 2.24) is 9.55 Å². The van der Waals surface area contributed by atoms with Crippen LogP contribution in [0.15, 0.2) is 60.9 Å². The molecule has 1 fully saturated rings. The van der Waals surface area contributed by atoms with Crippen molar-refractivity contribution in [3.8, 4) is 5.75 Å². The molecule has 0 radical (unpaired) electrons. The number of aromatic nitrogens is 2. The minimum Gasteiger partial charge on any atom is -0.504 e. The van der Waals surface area contributed by atoms with Crippen LogP contribution in [0, 0.1) is 12.1 Å². The van der Waals surface area contributed by atoms with E-state index in [4.69, 9.17) is 0 Å². The molecule has 0 amide bonds. The van der Waals surface area contributed by atoms with Gasteiger partial charge in [-0.3, -0.25) is 0 Å². The summed E-state index contributed by atoms with van der Waals surface area (Å²) in [4.78, 5) is 4.49. The molecule has 4 nitrogen and oxygen atoms in total. The molecular formula is C25H23N3O. The summed E-state index contributed by atoms with van der Waals surface area (Å²) in [6.45, 7) is 0.798. The number of aromatic hydroxyl groups is 1. The van der Waals surface area contributed by atoms with Crippen molar-refractivity contribution >= 4 is 22.4 Å². The zero-order chi connectivity index (χ0) is 19.6. The molecule has 2 aromatic carbocycles. The molecule has 0 bridgehead atoms.